The Morgan fingerprint density at radius 1 is 0.405 bits per heavy atom. The summed E-state index contributed by atoms with van der Waals surface area (Å²) in [7, 11) is 0. The van der Waals surface area contributed by atoms with Crippen molar-refractivity contribution in [2.24, 2.45) is 0 Å². The molecule has 0 fully saturated rings. The van der Waals surface area contributed by atoms with Gasteiger partial charge in [-0.2, -0.15) is 10.5 Å². The fourth-order valence-corrected chi connectivity index (χ4v) is 8.17. The van der Waals surface area contributed by atoms with Crippen LogP contribution in [0.1, 0.15) is 11.1 Å². The van der Waals surface area contributed by atoms with Crippen molar-refractivity contribution >= 4 is 63.0 Å². The van der Waals surface area contributed by atoms with Gasteiger partial charge in [-0.15, -0.1) is 22.7 Å². The van der Waals surface area contributed by atoms with Crippen LogP contribution in [0, 0.1) is 22.7 Å². The zero-order chi connectivity index (χ0) is 28.2. The number of hydrogen-bond donors (Lipinski definition) is 0. The maximum absolute atomic E-state index is 9.96. The van der Waals surface area contributed by atoms with E-state index in [4.69, 9.17) is 0 Å². The number of fused-ring (bicyclic) bond motifs is 6. The highest BCUT2D eigenvalue weighted by molar-refractivity contribution is 7.26. The molecule has 0 saturated heterocycles. The summed E-state index contributed by atoms with van der Waals surface area (Å²) in [6.07, 6.45) is 0. The van der Waals surface area contributed by atoms with Gasteiger partial charge in [0.15, 0.2) is 0 Å². The molecule has 8 rings (SSSR count). The zero-order valence-electron chi connectivity index (χ0n) is 22.3. The Balaban J connectivity index is 1.36. The van der Waals surface area contributed by atoms with E-state index >= 15 is 0 Å². The predicted octanol–water partition coefficient (Wildman–Crippen LogP) is 11.2. The van der Waals surface area contributed by atoms with E-state index in [1.807, 2.05) is 28.7 Å². The quantitative estimate of drug-likeness (QED) is 0.213. The van der Waals surface area contributed by atoms with E-state index < -0.39 is 0 Å². The molecule has 0 spiro atoms. The van der Waals surface area contributed by atoms with Crippen molar-refractivity contribution in [1.29, 1.82) is 10.5 Å². The minimum Gasteiger partial charge on any atom is -0.192 e. The van der Waals surface area contributed by atoms with E-state index in [9.17, 15) is 10.5 Å². The molecule has 0 amide bonds. The Bertz CT molecular complexity index is 2310. The van der Waals surface area contributed by atoms with Gasteiger partial charge in [-0.05, 0) is 88.5 Å². The second-order valence-corrected chi connectivity index (χ2v) is 12.6. The number of benzene rings is 6. The third-order valence-electron chi connectivity index (χ3n) is 7.94. The van der Waals surface area contributed by atoms with E-state index in [1.54, 1.807) is 12.1 Å². The molecule has 0 saturated carbocycles. The second-order valence-electron chi connectivity index (χ2n) is 10.4. The first-order valence-corrected chi connectivity index (χ1v) is 15.2. The maximum atomic E-state index is 9.96. The molecular formula is C38H20N2S2. The SMILES string of the molecule is N#Cc1ccc(C#N)c(-c2cc(-c3ccc4c(c3)sc3ccccc34)cc(-c3ccc4c(c3)sc3ccccc34)c2)c1. The molecule has 2 aromatic heterocycles. The zero-order valence-corrected chi connectivity index (χ0v) is 23.9. The van der Waals surface area contributed by atoms with Crippen LogP contribution in [-0.4, -0.2) is 0 Å². The average molecular weight is 569 g/mol. The lowest BCUT2D eigenvalue weighted by Gasteiger charge is -2.13. The van der Waals surface area contributed by atoms with E-state index in [-0.39, 0.29) is 0 Å². The summed E-state index contributed by atoms with van der Waals surface area (Å²) in [5, 5.41) is 24.7. The summed E-state index contributed by atoms with van der Waals surface area (Å²) in [6, 6.07) is 46.8. The van der Waals surface area contributed by atoms with Crippen LogP contribution < -0.4 is 0 Å². The monoisotopic (exact) mass is 568 g/mol. The van der Waals surface area contributed by atoms with Gasteiger partial charge in [0.05, 0.1) is 23.3 Å². The fourth-order valence-electron chi connectivity index (χ4n) is 5.88. The first kappa shape index (κ1) is 24.5. The molecular weight excluding hydrogens is 549 g/mol. The van der Waals surface area contributed by atoms with Crippen molar-refractivity contribution in [3.05, 3.63) is 132 Å². The van der Waals surface area contributed by atoms with Gasteiger partial charge >= 0.3 is 0 Å². The highest BCUT2D eigenvalue weighted by Crippen LogP contribution is 2.41. The van der Waals surface area contributed by atoms with Crippen LogP contribution in [-0.2, 0) is 0 Å². The van der Waals surface area contributed by atoms with Gasteiger partial charge in [0.25, 0.3) is 0 Å². The molecule has 2 heterocycles. The summed E-state index contributed by atoms with van der Waals surface area (Å²) < 4.78 is 5.05. The van der Waals surface area contributed by atoms with Crippen molar-refractivity contribution in [2.75, 3.05) is 0 Å². The van der Waals surface area contributed by atoms with Crippen LogP contribution in [0.4, 0.5) is 0 Å². The van der Waals surface area contributed by atoms with Crippen LogP contribution in [0.3, 0.4) is 0 Å². The van der Waals surface area contributed by atoms with Crippen LogP contribution in [0.2, 0.25) is 0 Å². The summed E-state index contributed by atoms with van der Waals surface area (Å²) in [5.74, 6) is 0. The normalized spacial score (nSPS) is 11.3. The van der Waals surface area contributed by atoms with Gasteiger partial charge in [-0.1, -0.05) is 60.7 Å². The molecule has 0 atom stereocenters. The summed E-state index contributed by atoms with van der Waals surface area (Å²) in [5.41, 5.74) is 7.17. The van der Waals surface area contributed by atoms with E-state index in [0.29, 0.717) is 11.1 Å². The molecule has 0 bridgehead atoms. The molecule has 0 radical (unpaired) electrons. The van der Waals surface area contributed by atoms with Gasteiger partial charge in [0, 0.05) is 45.9 Å². The summed E-state index contributed by atoms with van der Waals surface area (Å²) in [6.45, 7) is 0. The van der Waals surface area contributed by atoms with Crippen LogP contribution >= 0.6 is 22.7 Å². The molecule has 0 N–H and O–H groups in total. The number of nitriles is 2. The second kappa shape index (κ2) is 9.68. The topological polar surface area (TPSA) is 47.6 Å². The third-order valence-corrected chi connectivity index (χ3v) is 10.2. The lowest BCUT2D eigenvalue weighted by Crippen LogP contribution is -1.90. The molecule has 0 aliphatic rings. The molecule has 0 unspecified atom stereocenters. The van der Waals surface area contributed by atoms with Crippen molar-refractivity contribution in [3.63, 3.8) is 0 Å². The lowest BCUT2D eigenvalue weighted by atomic mass is 9.90. The Labute approximate surface area is 250 Å². The molecule has 194 valence electrons. The van der Waals surface area contributed by atoms with Gasteiger partial charge in [-0.25, -0.2) is 0 Å². The summed E-state index contributed by atoms with van der Waals surface area (Å²) in [4.78, 5) is 0. The Kier molecular flexibility index (Phi) is 5.66. The highest BCUT2D eigenvalue weighted by Gasteiger charge is 2.14. The minimum atomic E-state index is 0.536. The molecule has 42 heavy (non-hydrogen) atoms. The van der Waals surface area contributed by atoms with Crippen molar-refractivity contribution in [2.45, 2.75) is 0 Å². The van der Waals surface area contributed by atoms with E-state index in [2.05, 4.69) is 115 Å². The molecule has 8 aromatic rings. The Morgan fingerprint density at radius 3 is 1.48 bits per heavy atom. The average Bonchev–Trinajstić information content (AvgIpc) is 3.61. The Morgan fingerprint density at radius 2 is 0.929 bits per heavy atom. The Hall–Kier alpha value is -5.26. The molecule has 6 aromatic carbocycles. The first-order valence-electron chi connectivity index (χ1n) is 13.6. The standard InChI is InChI=1S/C38H20N2S2/c39-21-23-9-10-26(22-40)34(15-23)29-17-27(24-11-13-32-30-5-1-3-7-35(30)41-37(32)19-24)16-28(18-29)25-12-14-33-31-6-2-4-8-36(31)42-38(33)20-25/h1-20H. The van der Waals surface area contributed by atoms with E-state index in [0.717, 1.165) is 33.4 Å². The number of rotatable bonds is 3. The summed E-state index contributed by atoms with van der Waals surface area (Å²) >= 11 is 3.62. The van der Waals surface area contributed by atoms with Gasteiger partial charge in [0.2, 0.25) is 0 Å². The van der Waals surface area contributed by atoms with Crippen molar-refractivity contribution < 1.29 is 0 Å². The van der Waals surface area contributed by atoms with Gasteiger partial charge < -0.3 is 0 Å². The predicted molar refractivity (Wildman–Crippen MR) is 178 cm³/mol. The number of nitrogens with zero attached hydrogens (tertiary/aromatic N) is 2. The minimum absolute atomic E-state index is 0.536. The fraction of sp³-hybridized carbons (Fsp3) is 0. The van der Waals surface area contributed by atoms with E-state index in [1.165, 1.54) is 40.3 Å². The van der Waals surface area contributed by atoms with Gasteiger partial charge in [0.1, 0.15) is 0 Å². The van der Waals surface area contributed by atoms with Crippen LogP contribution in [0.25, 0.3) is 73.7 Å². The third kappa shape index (κ3) is 3.98. The molecule has 0 aliphatic carbocycles. The maximum Gasteiger partial charge on any atom is 0.0998 e. The smallest absolute Gasteiger partial charge is 0.0998 e. The molecule has 2 nitrogen and oxygen atoms in total. The van der Waals surface area contributed by atoms with Gasteiger partial charge in [-0.3, -0.25) is 0 Å². The number of hydrogen-bond acceptors (Lipinski definition) is 4. The van der Waals surface area contributed by atoms with Crippen molar-refractivity contribution in [1.82, 2.24) is 0 Å². The van der Waals surface area contributed by atoms with Crippen LogP contribution in [0.15, 0.2) is 121 Å². The number of thiophene rings is 2. The molecule has 4 heteroatoms. The highest BCUT2D eigenvalue weighted by atomic mass is 32.1. The van der Waals surface area contributed by atoms with Crippen LogP contribution in [0.5, 0.6) is 0 Å². The first-order chi connectivity index (χ1) is 20.7. The molecule has 0 aliphatic heterocycles. The largest absolute Gasteiger partial charge is 0.192 e. The van der Waals surface area contributed by atoms with Crippen molar-refractivity contribution in [3.8, 4) is 45.5 Å². The lowest BCUT2D eigenvalue weighted by molar-refractivity contribution is 1.45.